The lowest BCUT2D eigenvalue weighted by atomic mass is 9.55. The lowest BCUT2D eigenvalue weighted by Crippen LogP contribution is -2.42. The lowest BCUT2D eigenvalue weighted by molar-refractivity contribution is 0.294. The summed E-state index contributed by atoms with van der Waals surface area (Å²) < 4.78 is 6.59. The topological polar surface area (TPSA) is 38.9 Å². The zero-order valence-corrected chi connectivity index (χ0v) is 34.7. The predicted octanol–water partition coefficient (Wildman–Crippen LogP) is 15.3. The zero-order chi connectivity index (χ0) is 41.7. The molecule has 10 aromatic rings. The van der Waals surface area contributed by atoms with Crippen LogP contribution in [0.1, 0.15) is 35.1 Å². The second-order valence-corrected chi connectivity index (χ2v) is 17.3. The minimum atomic E-state index is -0.437. The largest absolute Gasteiger partial charge is 0.455 e. The van der Waals surface area contributed by atoms with Crippen molar-refractivity contribution in [3.8, 4) is 67.3 Å². The summed E-state index contributed by atoms with van der Waals surface area (Å²) in [6, 6.07) is 69.9. The fourth-order valence-electron chi connectivity index (χ4n) is 11.6. The van der Waals surface area contributed by atoms with Gasteiger partial charge in [-0.25, -0.2) is 9.97 Å². The highest BCUT2D eigenvalue weighted by molar-refractivity contribution is 6.10. The Kier molecular flexibility index (Phi) is 7.71. The molecular formula is C60H40N2O. The van der Waals surface area contributed by atoms with Crippen LogP contribution in [0.4, 0.5) is 0 Å². The monoisotopic (exact) mass is 804 g/mol. The van der Waals surface area contributed by atoms with E-state index in [9.17, 15) is 0 Å². The Bertz CT molecular complexity index is 3560. The van der Waals surface area contributed by atoms with Gasteiger partial charge in [0, 0.05) is 44.4 Å². The van der Waals surface area contributed by atoms with Crippen molar-refractivity contribution in [3.05, 3.63) is 241 Å². The summed E-state index contributed by atoms with van der Waals surface area (Å²) in [6.07, 6.45) is 9.40. The van der Waals surface area contributed by atoms with Crippen LogP contribution in [0.3, 0.4) is 0 Å². The number of fused-ring (bicyclic) bond motifs is 13. The quantitative estimate of drug-likeness (QED) is 0.174. The van der Waals surface area contributed by atoms with E-state index in [1.54, 1.807) is 0 Å². The van der Waals surface area contributed by atoms with Crippen LogP contribution >= 0.6 is 0 Å². The summed E-state index contributed by atoms with van der Waals surface area (Å²) in [7, 11) is 0. The maximum atomic E-state index is 6.59. The van der Waals surface area contributed by atoms with Crippen LogP contribution in [-0.4, -0.2) is 9.97 Å². The Morgan fingerprint density at radius 3 is 1.89 bits per heavy atom. The fourth-order valence-corrected chi connectivity index (χ4v) is 11.6. The van der Waals surface area contributed by atoms with Crippen molar-refractivity contribution in [2.45, 2.75) is 18.3 Å². The number of rotatable bonds is 5. The highest BCUT2D eigenvalue weighted by Gasteiger charge is 2.64. The number of nitrogens with zero attached hydrogens (tertiary/aromatic N) is 2. The first kappa shape index (κ1) is 35.8. The molecule has 2 heterocycles. The average Bonchev–Trinajstić information content (AvgIpc) is 3.97. The molecule has 2 aromatic heterocycles. The standard InChI is InChI=1S/C60H40N2O/c1-59-36-16-15-32-50(59)49-27-10-13-34-52(49)60(59)51-33-12-9-23-41(51)45-29-17-28-44(56(45)60)39-21-5-7-24-42(39)54-37-53(38-19-3-2-4-20-38)61-58(62-54)48-26-8-6-22-40(48)46-30-18-31-47-43-25-11-14-35-55(43)63-57(46)47/h2-37,50H,1H3. The van der Waals surface area contributed by atoms with Gasteiger partial charge < -0.3 is 4.42 Å². The Balaban J connectivity index is 1.06. The van der Waals surface area contributed by atoms with Crippen LogP contribution in [0.2, 0.25) is 0 Å². The normalized spacial score (nSPS) is 19.0. The van der Waals surface area contributed by atoms with Gasteiger partial charge in [0.15, 0.2) is 5.82 Å². The molecule has 0 saturated heterocycles. The number of hydrogen-bond acceptors (Lipinski definition) is 3. The van der Waals surface area contributed by atoms with Crippen molar-refractivity contribution in [2.24, 2.45) is 5.41 Å². The van der Waals surface area contributed by atoms with E-state index < -0.39 is 5.41 Å². The summed E-state index contributed by atoms with van der Waals surface area (Å²) in [6.45, 7) is 2.48. The molecule has 3 aliphatic rings. The Morgan fingerprint density at radius 1 is 0.460 bits per heavy atom. The molecule has 0 saturated carbocycles. The number of benzene rings is 8. The predicted molar refractivity (Wildman–Crippen MR) is 257 cm³/mol. The average molecular weight is 805 g/mol. The molecule has 296 valence electrons. The van der Waals surface area contributed by atoms with Crippen LogP contribution in [-0.2, 0) is 5.41 Å². The highest BCUT2D eigenvalue weighted by atomic mass is 16.3. The maximum absolute atomic E-state index is 6.59. The minimum Gasteiger partial charge on any atom is -0.455 e. The molecule has 63 heavy (non-hydrogen) atoms. The van der Waals surface area contributed by atoms with Crippen molar-refractivity contribution in [1.29, 1.82) is 0 Å². The third kappa shape index (κ3) is 4.96. The first-order valence-electron chi connectivity index (χ1n) is 21.9. The van der Waals surface area contributed by atoms with Gasteiger partial charge >= 0.3 is 0 Å². The maximum Gasteiger partial charge on any atom is 0.161 e. The molecule has 3 unspecified atom stereocenters. The molecule has 8 aromatic carbocycles. The molecule has 3 atom stereocenters. The smallest absolute Gasteiger partial charge is 0.161 e. The molecule has 0 radical (unpaired) electrons. The molecule has 3 aliphatic carbocycles. The van der Waals surface area contributed by atoms with Crippen LogP contribution in [0.5, 0.6) is 0 Å². The van der Waals surface area contributed by atoms with Crippen molar-refractivity contribution < 1.29 is 4.42 Å². The van der Waals surface area contributed by atoms with Gasteiger partial charge in [-0.15, -0.1) is 0 Å². The fraction of sp³-hybridized carbons (Fsp3) is 0.0667. The SMILES string of the molecule is CC12C=CC=CC1c1ccccc1C21c2ccccc2-c2cccc(-c3ccccc3-c3cc(-c4ccccc4)nc(-c4ccccc4-c4cccc5c4oc4ccccc45)n3)c21. The van der Waals surface area contributed by atoms with Crippen molar-refractivity contribution in [1.82, 2.24) is 9.97 Å². The molecule has 3 nitrogen and oxygen atoms in total. The third-order valence-corrected chi connectivity index (χ3v) is 14.2. The van der Waals surface area contributed by atoms with E-state index in [4.69, 9.17) is 14.4 Å². The number of allylic oxidation sites excluding steroid dienone is 4. The van der Waals surface area contributed by atoms with Gasteiger partial charge in [0.2, 0.25) is 0 Å². The van der Waals surface area contributed by atoms with E-state index in [1.165, 1.54) is 38.9 Å². The minimum absolute atomic E-state index is 0.226. The van der Waals surface area contributed by atoms with Crippen molar-refractivity contribution in [2.75, 3.05) is 0 Å². The summed E-state index contributed by atoms with van der Waals surface area (Å²) in [5.41, 5.74) is 18.3. The second kappa shape index (κ2) is 13.6. The Hall–Kier alpha value is -7.88. The summed E-state index contributed by atoms with van der Waals surface area (Å²) >= 11 is 0. The van der Waals surface area contributed by atoms with Gasteiger partial charge in [-0.1, -0.05) is 213 Å². The lowest BCUT2D eigenvalue weighted by Gasteiger charge is -2.46. The summed E-state index contributed by atoms with van der Waals surface area (Å²) in [5.74, 6) is 0.885. The molecule has 0 bridgehead atoms. The number of furan rings is 1. The highest BCUT2D eigenvalue weighted by Crippen LogP contribution is 2.72. The Morgan fingerprint density at radius 2 is 1.05 bits per heavy atom. The van der Waals surface area contributed by atoms with E-state index in [0.717, 1.165) is 66.7 Å². The molecular weight excluding hydrogens is 765 g/mol. The van der Waals surface area contributed by atoms with Gasteiger partial charge in [0.25, 0.3) is 0 Å². The third-order valence-electron chi connectivity index (χ3n) is 14.2. The zero-order valence-electron chi connectivity index (χ0n) is 34.7. The van der Waals surface area contributed by atoms with Crippen molar-refractivity contribution >= 4 is 21.9 Å². The van der Waals surface area contributed by atoms with Crippen LogP contribution in [0.25, 0.3) is 89.2 Å². The molecule has 0 fully saturated rings. The van der Waals surface area contributed by atoms with Gasteiger partial charge in [0.1, 0.15) is 11.2 Å². The number of hydrogen-bond donors (Lipinski definition) is 0. The first-order valence-corrected chi connectivity index (χ1v) is 21.9. The van der Waals surface area contributed by atoms with E-state index in [1.807, 2.05) is 12.1 Å². The molecule has 1 spiro atoms. The molecule has 3 heteroatoms. The van der Waals surface area contributed by atoms with E-state index in [0.29, 0.717) is 5.82 Å². The van der Waals surface area contributed by atoms with E-state index in [-0.39, 0.29) is 11.3 Å². The first-order chi connectivity index (χ1) is 31.1. The van der Waals surface area contributed by atoms with Gasteiger partial charge in [-0.3, -0.25) is 0 Å². The number of aromatic nitrogens is 2. The van der Waals surface area contributed by atoms with E-state index in [2.05, 4.69) is 213 Å². The molecule has 13 rings (SSSR count). The Labute approximate surface area is 366 Å². The van der Waals surface area contributed by atoms with Gasteiger partial charge in [-0.05, 0) is 62.2 Å². The van der Waals surface area contributed by atoms with Crippen molar-refractivity contribution in [3.63, 3.8) is 0 Å². The molecule has 0 N–H and O–H groups in total. The summed E-state index contributed by atoms with van der Waals surface area (Å²) in [4.78, 5) is 10.9. The molecule has 0 aliphatic heterocycles. The van der Waals surface area contributed by atoms with Crippen LogP contribution < -0.4 is 0 Å². The van der Waals surface area contributed by atoms with Crippen LogP contribution in [0, 0.1) is 5.41 Å². The van der Waals surface area contributed by atoms with Gasteiger partial charge in [-0.2, -0.15) is 0 Å². The van der Waals surface area contributed by atoms with Crippen LogP contribution in [0.15, 0.2) is 223 Å². The molecule has 0 amide bonds. The second-order valence-electron chi connectivity index (χ2n) is 17.3. The van der Waals surface area contributed by atoms with E-state index >= 15 is 0 Å². The van der Waals surface area contributed by atoms with Gasteiger partial charge in [0.05, 0.1) is 16.8 Å². The summed E-state index contributed by atoms with van der Waals surface area (Å²) in [5, 5.41) is 2.19. The number of para-hydroxylation sites is 2.